The minimum Gasteiger partial charge on any atom is -0.351 e. The van der Waals surface area contributed by atoms with Gasteiger partial charge in [-0.15, -0.1) is 0 Å². The number of hydrogen-bond donors (Lipinski definition) is 1. The highest BCUT2D eigenvalue weighted by molar-refractivity contribution is 9.10. The van der Waals surface area contributed by atoms with Crippen molar-refractivity contribution in [3.8, 4) is 0 Å². The first kappa shape index (κ1) is 14.1. The molecular weight excluding hydrogens is 358 g/mol. The number of amides is 1. The van der Waals surface area contributed by atoms with Crippen molar-refractivity contribution in [1.82, 2.24) is 5.32 Å². The molecule has 0 radical (unpaired) electrons. The van der Waals surface area contributed by atoms with Gasteiger partial charge < -0.3 is 5.32 Å². The standard InChI is InChI=1S/C14H17Br2NO/c15-9-14(6-1-2-7-14)10-17-13(18)11-4-3-5-12(16)8-11/h3-5,8H,1-2,6-7,9-10H2,(H,17,18). The number of benzene rings is 1. The topological polar surface area (TPSA) is 29.1 Å². The van der Waals surface area contributed by atoms with Crippen molar-refractivity contribution in [2.75, 3.05) is 11.9 Å². The molecule has 0 saturated heterocycles. The normalized spacial score (nSPS) is 17.7. The summed E-state index contributed by atoms with van der Waals surface area (Å²) in [7, 11) is 0. The van der Waals surface area contributed by atoms with Gasteiger partial charge in [-0.1, -0.05) is 50.8 Å². The maximum absolute atomic E-state index is 12.1. The van der Waals surface area contributed by atoms with Crippen LogP contribution in [0.3, 0.4) is 0 Å². The number of hydrogen-bond acceptors (Lipinski definition) is 1. The van der Waals surface area contributed by atoms with Crippen LogP contribution >= 0.6 is 31.9 Å². The fraction of sp³-hybridized carbons (Fsp3) is 0.500. The van der Waals surface area contributed by atoms with E-state index in [9.17, 15) is 4.79 Å². The van der Waals surface area contributed by atoms with Crippen molar-refractivity contribution in [2.45, 2.75) is 25.7 Å². The molecule has 4 heteroatoms. The van der Waals surface area contributed by atoms with E-state index in [0.29, 0.717) is 5.56 Å². The maximum atomic E-state index is 12.1. The summed E-state index contributed by atoms with van der Waals surface area (Å²) in [6, 6.07) is 7.50. The highest BCUT2D eigenvalue weighted by Gasteiger charge is 2.33. The summed E-state index contributed by atoms with van der Waals surface area (Å²) in [6.07, 6.45) is 4.96. The van der Waals surface area contributed by atoms with Crippen LogP contribution in [0.4, 0.5) is 0 Å². The molecule has 0 spiro atoms. The molecule has 2 nitrogen and oxygen atoms in total. The van der Waals surface area contributed by atoms with Gasteiger partial charge in [0.2, 0.25) is 0 Å². The van der Waals surface area contributed by atoms with Crippen molar-refractivity contribution in [2.24, 2.45) is 5.41 Å². The lowest BCUT2D eigenvalue weighted by Gasteiger charge is -2.26. The van der Waals surface area contributed by atoms with Crippen LogP contribution in [-0.4, -0.2) is 17.8 Å². The summed E-state index contributed by atoms with van der Waals surface area (Å²) in [4.78, 5) is 12.1. The lowest BCUT2D eigenvalue weighted by Crippen LogP contribution is -2.37. The van der Waals surface area contributed by atoms with Crippen molar-refractivity contribution >= 4 is 37.8 Å². The minimum absolute atomic E-state index is 0.0172. The lowest BCUT2D eigenvalue weighted by molar-refractivity contribution is 0.0935. The summed E-state index contributed by atoms with van der Waals surface area (Å²) in [5, 5.41) is 4.04. The Morgan fingerprint density at radius 1 is 1.33 bits per heavy atom. The smallest absolute Gasteiger partial charge is 0.251 e. The molecule has 1 amide bonds. The first-order chi connectivity index (χ1) is 8.65. The third-order valence-corrected chi connectivity index (χ3v) is 5.34. The van der Waals surface area contributed by atoms with E-state index in [-0.39, 0.29) is 11.3 Å². The van der Waals surface area contributed by atoms with Crippen LogP contribution < -0.4 is 5.32 Å². The monoisotopic (exact) mass is 373 g/mol. The van der Waals surface area contributed by atoms with E-state index < -0.39 is 0 Å². The Bertz CT molecular complexity index is 428. The van der Waals surface area contributed by atoms with Gasteiger partial charge >= 0.3 is 0 Å². The molecule has 18 heavy (non-hydrogen) atoms. The summed E-state index contributed by atoms with van der Waals surface area (Å²) in [6.45, 7) is 0.767. The van der Waals surface area contributed by atoms with Crippen molar-refractivity contribution in [3.63, 3.8) is 0 Å². The quantitative estimate of drug-likeness (QED) is 0.788. The van der Waals surface area contributed by atoms with E-state index in [1.165, 1.54) is 25.7 Å². The second kappa shape index (κ2) is 6.20. The molecule has 1 fully saturated rings. The number of halogens is 2. The highest BCUT2D eigenvalue weighted by Crippen LogP contribution is 2.38. The van der Waals surface area contributed by atoms with Gasteiger partial charge in [0, 0.05) is 21.9 Å². The van der Waals surface area contributed by atoms with Crippen molar-refractivity contribution < 1.29 is 4.79 Å². The fourth-order valence-electron chi connectivity index (χ4n) is 2.48. The number of nitrogens with one attached hydrogen (secondary N) is 1. The van der Waals surface area contributed by atoms with E-state index in [2.05, 4.69) is 37.2 Å². The molecule has 2 rings (SSSR count). The maximum Gasteiger partial charge on any atom is 0.251 e. The average molecular weight is 375 g/mol. The summed E-state index contributed by atoms with van der Waals surface area (Å²) in [5.74, 6) is 0.0172. The summed E-state index contributed by atoms with van der Waals surface area (Å²) in [5.41, 5.74) is 0.980. The van der Waals surface area contributed by atoms with E-state index in [1.54, 1.807) is 0 Å². The van der Waals surface area contributed by atoms with Crippen molar-refractivity contribution in [3.05, 3.63) is 34.3 Å². The van der Waals surface area contributed by atoms with Gasteiger partial charge in [-0.05, 0) is 36.5 Å². The highest BCUT2D eigenvalue weighted by atomic mass is 79.9. The number of carbonyl (C=O) groups excluding carboxylic acids is 1. The molecule has 1 saturated carbocycles. The number of alkyl halides is 1. The van der Waals surface area contributed by atoms with Gasteiger partial charge in [0.25, 0.3) is 5.91 Å². The van der Waals surface area contributed by atoms with Gasteiger partial charge in [-0.3, -0.25) is 4.79 Å². The number of carbonyl (C=O) groups is 1. The van der Waals surface area contributed by atoms with Gasteiger partial charge in [0.1, 0.15) is 0 Å². The fourth-order valence-corrected chi connectivity index (χ4v) is 3.64. The third kappa shape index (κ3) is 3.35. The first-order valence-corrected chi connectivity index (χ1v) is 8.16. The Morgan fingerprint density at radius 3 is 2.67 bits per heavy atom. The zero-order valence-electron chi connectivity index (χ0n) is 10.2. The lowest BCUT2D eigenvalue weighted by atomic mass is 9.89. The van der Waals surface area contributed by atoms with Crippen LogP contribution in [0.2, 0.25) is 0 Å². The van der Waals surface area contributed by atoms with E-state index >= 15 is 0 Å². The summed E-state index contributed by atoms with van der Waals surface area (Å²) >= 11 is 6.98. The molecule has 1 N–H and O–H groups in total. The van der Waals surface area contributed by atoms with E-state index in [4.69, 9.17) is 0 Å². The molecule has 1 aromatic carbocycles. The number of rotatable bonds is 4. The van der Waals surface area contributed by atoms with Crippen LogP contribution in [0.25, 0.3) is 0 Å². The van der Waals surface area contributed by atoms with Gasteiger partial charge in [0.15, 0.2) is 0 Å². The second-order valence-electron chi connectivity index (χ2n) is 5.03. The molecule has 1 aliphatic carbocycles. The van der Waals surface area contributed by atoms with E-state index in [1.807, 2.05) is 24.3 Å². The van der Waals surface area contributed by atoms with Crippen molar-refractivity contribution in [1.29, 1.82) is 0 Å². The largest absolute Gasteiger partial charge is 0.351 e. The Morgan fingerprint density at radius 2 is 2.06 bits per heavy atom. The van der Waals surface area contributed by atoms with Gasteiger partial charge in [-0.25, -0.2) is 0 Å². The predicted octanol–water partition coefficient (Wildman–Crippen LogP) is 4.13. The molecule has 1 aromatic rings. The van der Waals surface area contributed by atoms with Gasteiger partial charge in [-0.2, -0.15) is 0 Å². The van der Waals surface area contributed by atoms with Crippen LogP contribution in [0.5, 0.6) is 0 Å². The zero-order valence-corrected chi connectivity index (χ0v) is 13.4. The Hall–Kier alpha value is -0.350. The SMILES string of the molecule is O=C(NCC1(CBr)CCCC1)c1cccc(Br)c1. The molecule has 1 aliphatic rings. The zero-order chi connectivity index (χ0) is 13.0. The molecule has 98 valence electrons. The average Bonchev–Trinajstić information content (AvgIpc) is 2.85. The van der Waals surface area contributed by atoms with Gasteiger partial charge in [0.05, 0.1) is 0 Å². The first-order valence-electron chi connectivity index (χ1n) is 6.25. The van der Waals surface area contributed by atoms with Crippen LogP contribution in [0.1, 0.15) is 36.0 Å². The molecule has 0 unspecified atom stereocenters. The summed E-state index contributed by atoms with van der Waals surface area (Å²) < 4.78 is 0.936. The van der Waals surface area contributed by atoms with Crippen LogP contribution in [0.15, 0.2) is 28.7 Å². The van der Waals surface area contributed by atoms with Crippen LogP contribution in [0, 0.1) is 5.41 Å². The molecular formula is C14H17Br2NO. The Labute approximate surface area is 125 Å². The predicted molar refractivity (Wildman–Crippen MR) is 81.2 cm³/mol. The molecule has 0 aliphatic heterocycles. The van der Waals surface area contributed by atoms with Crippen LogP contribution in [-0.2, 0) is 0 Å². The Balaban J connectivity index is 1.96. The Kier molecular flexibility index (Phi) is 4.84. The molecule has 0 aromatic heterocycles. The second-order valence-corrected chi connectivity index (χ2v) is 6.51. The third-order valence-electron chi connectivity index (χ3n) is 3.66. The molecule has 0 heterocycles. The minimum atomic E-state index is 0.0172. The van der Waals surface area contributed by atoms with E-state index in [0.717, 1.165) is 16.3 Å². The molecule has 0 atom stereocenters. The molecule has 0 bridgehead atoms.